The molecule has 2 unspecified atom stereocenters. The van der Waals surface area contributed by atoms with Crippen LogP contribution >= 0.6 is 0 Å². The van der Waals surface area contributed by atoms with Gasteiger partial charge in [-0.05, 0) is 25.9 Å². The minimum absolute atomic E-state index is 0.0182. The molecule has 2 rings (SSSR count). The first kappa shape index (κ1) is 12.8. The van der Waals surface area contributed by atoms with E-state index in [1.807, 2.05) is 4.90 Å². The smallest absolute Gasteiger partial charge is 0.248 e. The summed E-state index contributed by atoms with van der Waals surface area (Å²) < 4.78 is 5.38. The number of nitrogens with two attached hydrogens (primary N) is 1. The van der Waals surface area contributed by atoms with Gasteiger partial charge in [-0.25, -0.2) is 0 Å². The van der Waals surface area contributed by atoms with Crippen LogP contribution in [0.1, 0.15) is 19.8 Å². The fourth-order valence-electron chi connectivity index (χ4n) is 2.71. The van der Waals surface area contributed by atoms with E-state index in [1.165, 1.54) is 6.42 Å². The van der Waals surface area contributed by atoms with Gasteiger partial charge in [-0.3, -0.25) is 4.79 Å². The van der Waals surface area contributed by atoms with Crippen LogP contribution in [0.4, 0.5) is 0 Å². The standard InChI is InChI=1S/C12H23N3O2/c1-2-14-5-3-4-10(7-14)15-8-11(6-13)17-9-12(15)16/h10-11H,2-9,13H2,1H3. The first-order chi connectivity index (χ1) is 8.24. The molecule has 0 spiro atoms. The molecular weight excluding hydrogens is 218 g/mol. The maximum atomic E-state index is 11.9. The highest BCUT2D eigenvalue weighted by Gasteiger charge is 2.33. The van der Waals surface area contributed by atoms with E-state index in [4.69, 9.17) is 10.5 Å². The molecule has 1 amide bonds. The Morgan fingerprint density at radius 3 is 3.00 bits per heavy atom. The second-order valence-electron chi connectivity index (χ2n) is 4.90. The van der Waals surface area contributed by atoms with Crippen LogP contribution in [0.25, 0.3) is 0 Å². The van der Waals surface area contributed by atoms with Crippen molar-refractivity contribution in [1.29, 1.82) is 0 Å². The molecule has 0 saturated carbocycles. The second-order valence-corrected chi connectivity index (χ2v) is 4.90. The summed E-state index contributed by atoms with van der Waals surface area (Å²) in [5, 5.41) is 0. The van der Waals surface area contributed by atoms with E-state index in [2.05, 4.69) is 11.8 Å². The van der Waals surface area contributed by atoms with Gasteiger partial charge in [-0.15, -0.1) is 0 Å². The molecule has 2 heterocycles. The van der Waals surface area contributed by atoms with Crippen LogP contribution in [0, 0.1) is 0 Å². The topological polar surface area (TPSA) is 58.8 Å². The SMILES string of the molecule is CCN1CCCC(N2CC(CN)OCC2=O)C1. The number of likely N-dealkylation sites (tertiary alicyclic amines) is 1. The lowest BCUT2D eigenvalue weighted by molar-refractivity contribution is -0.153. The van der Waals surface area contributed by atoms with Crippen molar-refractivity contribution in [2.75, 3.05) is 39.3 Å². The molecule has 2 saturated heterocycles. The number of rotatable bonds is 3. The van der Waals surface area contributed by atoms with Gasteiger partial charge in [-0.1, -0.05) is 6.92 Å². The lowest BCUT2D eigenvalue weighted by Crippen LogP contribution is -2.57. The number of likely N-dealkylation sites (N-methyl/N-ethyl adjacent to an activating group) is 1. The number of amides is 1. The van der Waals surface area contributed by atoms with Crippen LogP contribution in [0.5, 0.6) is 0 Å². The normalized spacial score (nSPS) is 31.9. The Morgan fingerprint density at radius 2 is 2.29 bits per heavy atom. The number of ether oxygens (including phenoxy) is 1. The number of carbonyl (C=O) groups is 1. The van der Waals surface area contributed by atoms with Crippen molar-refractivity contribution >= 4 is 5.91 Å². The maximum Gasteiger partial charge on any atom is 0.248 e. The highest BCUT2D eigenvalue weighted by atomic mass is 16.5. The summed E-state index contributed by atoms with van der Waals surface area (Å²) in [6.07, 6.45) is 2.31. The Morgan fingerprint density at radius 1 is 1.47 bits per heavy atom. The van der Waals surface area contributed by atoms with Crippen LogP contribution in [-0.2, 0) is 9.53 Å². The van der Waals surface area contributed by atoms with Crippen molar-refractivity contribution in [3.63, 3.8) is 0 Å². The fraction of sp³-hybridized carbons (Fsp3) is 0.917. The molecule has 0 aromatic rings. The van der Waals surface area contributed by atoms with Crippen molar-refractivity contribution < 1.29 is 9.53 Å². The number of piperidine rings is 1. The number of hydrogen-bond donors (Lipinski definition) is 1. The molecule has 0 aliphatic carbocycles. The predicted molar refractivity (Wildman–Crippen MR) is 65.6 cm³/mol. The van der Waals surface area contributed by atoms with Gasteiger partial charge in [0.15, 0.2) is 0 Å². The third-order valence-electron chi connectivity index (χ3n) is 3.79. The van der Waals surface area contributed by atoms with Crippen molar-refractivity contribution in [2.45, 2.75) is 31.9 Å². The average molecular weight is 241 g/mol. The second kappa shape index (κ2) is 5.80. The van der Waals surface area contributed by atoms with Gasteiger partial charge < -0.3 is 20.3 Å². The summed E-state index contributed by atoms with van der Waals surface area (Å²) in [7, 11) is 0. The molecule has 2 aliphatic rings. The first-order valence-corrected chi connectivity index (χ1v) is 6.58. The molecule has 2 N–H and O–H groups in total. The Hall–Kier alpha value is -0.650. The Kier molecular flexibility index (Phi) is 4.36. The fourth-order valence-corrected chi connectivity index (χ4v) is 2.71. The zero-order valence-electron chi connectivity index (χ0n) is 10.6. The van der Waals surface area contributed by atoms with Gasteiger partial charge in [0, 0.05) is 25.7 Å². The monoisotopic (exact) mass is 241 g/mol. The van der Waals surface area contributed by atoms with E-state index in [9.17, 15) is 4.79 Å². The lowest BCUT2D eigenvalue weighted by Gasteiger charge is -2.42. The van der Waals surface area contributed by atoms with Crippen LogP contribution < -0.4 is 5.73 Å². The Bertz CT molecular complexity index is 272. The zero-order valence-corrected chi connectivity index (χ0v) is 10.6. The highest BCUT2D eigenvalue weighted by molar-refractivity contribution is 5.78. The summed E-state index contributed by atoms with van der Waals surface area (Å²) in [5.74, 6) is 0.123. The number of hydrogen-bond acceptors (Lipinski definition) is 4. The Labute approximate surface area is 103 Å². The molecule has 2 aliphatic heterocycles. The van der Waals surface area contributed by atoms with E-state index < -0.39 is 0 Å². The molecular formula is C12H23N3O2. The van der Waals surface area contributed by atoms with Crippen LogP contribution in [0.3, 0.4) is 0 Å². The van der Waals surface area contributed by atoms with Gasteiger partial charge in [0.1, 0.15) is 6.61 Å². The van der Waals surface area contributed by atoms with Gasteiger partial charge in [0.25, 0.3) is 0 Å². The Balaban J connectivity index is 1.96. The van der Waals surface area contributed by atoms with Crippen molar-refractivity contribution in [2.24, 2.45) is 5.73 Å². The third-order valence-corrected chi connectivity index (χ3v) is 3.79. The van der Waals surface area contributed by atoms with Crippen molar-refractivity contribution in [3.8, 4) is 0 Å². The summed E-state index contributed by atoms with van der Waals surface area (Å²) in [5.41, 5.74) is 5.62. The molecule has 0 aromatic carbocycles. The molecule has 5 nitrogen and oxygen atoms in total. The minimum atomic E-state index is 0.0182. The van der Waals surface area contributed by atoms with Crippen LogP contribution in [0.2, 0.25) is 0 Å². The summed E-state index contributed by atoms with van der Waals surface area (Å²) >= 11 is 0. The summed E-state index contributed by atoms with van der Waals surface area (Å²) in [6.45, 7) is 6.75. The zero-order chi connectivity index (χ0) is 12.3. The van der Waals surface area contributed by atoms with Gasteiger partial charge >= 0.3 is 0 Å². The third kappa shape index (κ3) is 2.97. The lowest BCUT2D eigenvalue weighted by atomic mass is 10.0. The van der Waals surface area contributed by atoms with E-state index in [-0.39, 0.29) is 18.6 Å². The minimum Gasteiger partial charge on any atom is -0.365 e. The van der Waals surface area contributed by atoms with E-state index in [0.717, 1.165) is 26.1 Å². The summed E-state index contributed by atoms with van der Waals surface area (Å²) in [4.78, 5) is 16.3. The van der Waals surface area contributed by atoms with Crippen molar-refractivity contribution in [1.82, 2.24) is 9.80 Å². The molecule has 98 valence electrons. The molecule has 0 bridgehead atoms. The van der Waals surface area contributed by atoms with Gasteiger partial charge in [0.2, 0.25) is 5.91 Å². The van der Waals surface area contributed by atoms with E-state index in [1.54, 1.807) is 0 Å². The molecule has 0 radical (unpaired) electrons. The van der Waals surface area contributed by atoms with Gasteiger partial charge in [-0.2, -0.15) is 0 Å². The van der Waals surface area contributed by atoms with Crippen LogP contribution in [-0.4, -0.2) is 67.2 Å². The van der Waals surface area contributed by atoms with E-state index >= 15 is 0 Å². The maximum absolute atomic E-state index is 11.9. The highest BCUT2D eigenvalue weighted by Crippen LogP contribution is 2.19. The molecule has 5 heteroatoms. The molecule has 2 fully saturated rings. The van der Waals surface area contributed by atoms with Gasteiger partial charge in [0.05, 0.1) is 6.10 Å². The largest absolute Gasteiger partial charge is 0.365 e. The first-order valence-electron chi connectivity index (χ1n) is 6.58. The molecule has 0 aromatic heterocycles. The number of morpholine rings is 1. The quantitative estimate of drug-likeness (QED) is 0.734. The van der Waals surface area contributed by atoms with Crippen molar-refractivity contribution in [3.05, 3.63) is 0 Å². The average Bonchev–Trinajstić information content (AvgIpc) is 2.39. The predicted octanol–water partition coefficient (Wildman–Crippen LogP) is -0.343. The van der Waals surface area contributed by atoms with E-state index in [0.29, 0.717) is 19.1 Å². The number of nitrogens with zero attached hydrogens (tertiary/aromatic N) is 2. The van der Waals surface area contributed by atoms with Crippen LogP contribution in [0.15, 0.2) is 0 Å². The summed E-state index contributed by atoms with van der Waals surface area (Å²) in [6, 6.07) is 0.356. The molecule has 17 heavy (non-hydrogen) atoms. The molecule has 2 atom stereocenters. The number of carbonyl (C=O) groups excluding carboxylic acids is 1.